The molecule has 0 unspecified atom stereocenters. The molecule has 4 atom stereocenters. The molecule has 0 fully saturated rings. The third-order valence-electron chi connectivity index (χ3n) is 17.5. The van der Waals surface area contributed by atoms with Crippen LogP contribution in [-0.2, 0) is 19.6 Å². The van der Waals surface area contributed by atoms with Crippen molar-refractivity contribution in [3.8, 4) is 23.0 Å². The summed E-state index contributed by atoms with van der Waals surface area (Å²) < 4.78 is 50.4. The minimum atomic E-state index is -3.59. The summed E-state index contributed by atoms with van der Waals surface area (Å²) in [7, 11) is 3.18. The van der Waals surface area contributed by atoms with Crippen LogP contribution in [0.25, 0.3) is 0 Å². The van der Waals surface area contributed by atoms with Gasteiger partial charge in [-0.25, -0.2) is 8.42 Å². The zero-order valence-electron chi connectivity index (χ0n) is 54.1. The van der Waals surface area contributed by atoms with Crippen LogP contribution in [0.5, 0.6) is 23.0 Å². The molecular formula is C72H94N4O9S. The van der Waals surface area contributed by atoms with Crippen molar-refractivity contribution in [2.24, 2.45) is 5.92 Å². The second-order valence-corrected chi connectivity index (χ2v) is 25.6. The number of rotatable bonds is 12. The molecule has 10 rings (SSSR count). The molecule has 0 aromatic heterocycles. The number of ether oxygens (including phenoxy) is 4. The minimum absolute atomic E-state index is 0.0209. The molecule has 462 valence electrons. The van der Waals surface area contributed by atoms with Gasteiger partial charge in [0, 0.05) is 66.8 Å². The number of amides is 3. The van der Waals surface area contributed by atoms with Gasteiger partial charge in [-0.05, 0) is 205 Å². The molecule has 4 aliphatic rings. The highest BCUT2D eigenvalue weighted by Gasteiger charge is 2.37. The van der Waals surface area contributed by atoms with Crippen molar-refractivity contribution >= 4 is 50.5 Å². The summed E-state index contributed by atoms with van der Waals surface area (Å²) in [5.41, 5.74) is 14.6. The molecular weight excluding hydrogens is 1100 g/mol. The van der Waals surface area contributed by atoms with Gasteiger partial charge >= 0.3 is 0 Å². The summed E-state index contributed by atoms with van der Waals surface area (Å²) in [6, 6.07) is 33.0. The molecule has 4 heterocycles. The first-order valence-electron chi connectivity index (χ1n) is 30.9. The monoisotopic (exact) mass is 1190 g/mol. The largest absolute Gasteiger partial charge is 0.496 e. The van der Waals surface area contributed by atoms with E-state index < -0.39 is 10.0 Å². The van der Waals surface area contributed by atoms with Gasteiger partial charge < -0.3 is 33.6 Å². The number of aryl methyl sites for hydroxylation is 5. The molecule has 0 saturated heterocycles. The van der Waals surface area contributed by atoms with Gasteiger partial charge in [-0.1, -0.05) is 77.4 Å². The third-order valence-corrected chi connectivity index (χ3v) is 19.3. The molecule has 14 heteroatoms. The van der Waals surface area contributed by atoms with Gasteiger partial charge in [0.25, 0.3) is 15.9 Å². The molecule has 0 aliphatic carbocycles. The van der Waals surface area contributed by atoms with Crippen LogP contribution < -0.4 is 38.0 Å². The molecule has 0 spiro atoms. The fraction of sp³-hybridized carbons (Fsp3) is 0.458. The fourth-order valence-electron chi connectivity index (χ4n) is 12.9. The van der Waals surface area contributed by atoms with Crippen molar-refractivity contribution in [3.63, 3.8) is 0 Å². The first-order valence-corrected chi connectivity index (χ1v) is 32.3. The molecule has 3 amide bonds. The molecule has 13 nitrogen and oxygen atoms in total. The van der Waals surface area contributed by atoms with Crippen molar-refractivity contribution < 1.29 is 41.7 Å². The van der Waals surface area contributed by atoms with Gasteiger partial charge in [0.05, 0.1) is 56.1 Å². The van der Waals surface area contributed by atoms with E-state index >= 15 is 0 Å². The Morgan fingerprint density at radius 2 is 0.814 bits per heavy atom. The predicted octanol–water partition coefficient (Wildman–Crippen LogP) is 16.1. The highest BCUT2D eigenvalue weighted by molar-refractivity contribution is 7.92. The lowest BCUT2D eigenvalue weighted by molar-refractivity contribution is -0.121. The molecule has 6 aromatic carbocycles. The van der Waals surface area contributed by atoms with Crippen LogP contribution >= 0.6 is 0 Å². The lowest BCUT2D eigenvalue weighted by Gasteiger charge is -2.36. The van der Waals surface area contributed by atoms with Gasteiger partial charge in [-0.2, -0.15) is 0 Å². The number of benzene rings is 6. The van der Waals surface area contributed by atoms with E-state index in [1.54, 1.807) is 51.8 Å². The number of anilines is 4. The fourth-order valence-corrected chi connectivity index (χ4v) is 14.4. The average Bonchev–Trinajstić information content (AvgIpc) is 1.59. The number of carbonyl (C=O) groups excluding carboxylic acids is 3. The lowest BCUT2D eigenvalue weighted by Crippen LogP contribution is -2.39. The maximum Gasteiger partial charge on any atom is 0.264 e. The normalized spacial score (nSPS) is 17.6. The Bertz CT molecular complexity index is 3450. The van der Waals surface area contributed by atoms with Gasteiger partial charge in [-0.3, -0.25) is 18.7 Å². The number of hydrogen-bond acceptors (Lipinski definition) is 9. The van der Waals surface area contributed by atoms with E-state index in [-0.39, 0.29) is 23.6 Å². The zero-order valence-corrected chi connectivity index (χ0v) is 54.9. The van der Waals surface area contributed by atoms with Crippen molar-refractivity contribution in [1.29, 1.82) is 0 Å². The van der Waals surface area contributed by atoms with Crippen molar-refractivity contribution in [2.75, 3.05) is 73.6 Å². The van der Waals surface area contributed by atoms with Crippen LogP contribution in [0, 0.1) is 40.5 Å². The lowest BCUT2D eigenvalue weighted by atomic mass is 9.86. The summed E-state index contributed by atoms with van der Waals surface area (Å²) in [5, 5.41) is 0. The zero-order chi connectivity index (χ0) is 62.7. The second-order valence-electron chi connectivity index (χ2n) is 23.7. The maximum absolute atomic E-state index is 13.3. The van der Waals surface area contributed by atoms with E-state index in [0.717, 1.165) is 156 Å². The van der Waals surface area contributed by atoms with Gasteiger partial charge in [-0.15, -0.1) is 0 Å². The molecule has 0 N–H and O–H groups in total. The van der Waals surface area contributed by atoms with Crippen molar-refractivity contribution in [3.05, 3.63) is 159 Å². The van der Waals surface area contributed by atoms with E-state index in [4.69, 9.17) is 18.9 Å². The summed E-state index contributed by atoms with van der Waals surface area (Å²) >= 11 is 0. The van der Waals surface area contributed by atoms with Crippen LogP contribution in [0.2, 0.25) is 0 Å². The van der Waals surface area contributed by atoms with Crippen LogP contribution in [0.4, 0.5) is 22.7 Å². The molecule has 4 aliphatic heterocycles. The van der Waals surface area contributed by atoms with E-state index in [1.807, 2.05) is 111 Å². The number of sulfonamides is 1. The number of methoxy groups -OCH3 is 4. The first kappa shape index (κ1) is 66.2. The topological polar surface area (TPSA) is 135 Å². The van der Waals surface area contributed by atoms with Gasteiger partial charge in [0.2, 0.25) is 11.8 Å². The number of carbonyl (C=O) groups is 3. The Morgan fingerprint density at radius 1 is 0.465 bits per heavy atom. The average molecular weight is 1190 g/mol. The van der Waals surface area contributed by atoms with E-state index in [9.17, 15) is 22.8 Å². The van der Waals surface area contributed by atoms with Crippen LogP contribution in [0.3, 0.4) is 0 Å². The van der Waals surface area contributed by atoms with Gasteiger partial charge in [0.1, 0.15) is 23.0 Å². The Labute approximate surface area is 514 Å². The maximum atomic E-state index is 13.3. The van der Waals surface area contributed by atoms with E-state index in [2.05, 4.69) is 71.0 Å². The smallest absolute Gasteiger partial charge is 0.264 e. The van der Waals surface area contributed by atoms with Crippen LogP contribution in [0.1, 0.15) is 184 Å². The Kier molecular flexibility index (Phi) is 22.6. The SMILES string of the molecule is CC[C@@H]1CCN(C(=O)C(C)C)c2cc(C)cc(OC)c21.CC[C@@H]1CCN(C(=O)c2ccccc2)c2cc(C)cc(OC)c21.CC[C@@H]1CCN(C(C)=O)c2cc(C)cc(OC)c21.CC[C@@H]1CCN(S(=O)(=O)c2ccc(C)cc2)c2cc(C)cc(OC)c21. The minimum Gasteiger partial charge on any atom is -0.496 e. The standard InChI is InChI=1S/C20H25NO3S.C20H23NO2.C17H25NO2.C15H21NO2/c1-5-16-10-11-21(18-12-15(3)13-19(24-4)20(16)18)25(22,23)17-8-6-14(2)7-9-17;1-4-15-10-11-21(20(22)16-8-6-5-7-9-16)17-12-14(2)13-18(23-3)19(15)17;1-6-13-7-8-18(17(19)11(2)3)14-9-12(4)10-15(20-5)16(13)14;1-5-12-6-7-16(11(3)17)13-8-10(2)9-14(18-4)15(12)13/h6-9,12-13,16H,5,10-11H2,1-4H3;5-9,12-13,15H,4,10-11H2,1-3H3;9-11,13H,6-8H2,1-5H3;8-9,12H,5-7H2,1-4H3/t16-;15-;13-;12-/m1111/s1. The van der Waals surface area contributed by atoms with Crippen LogP contribution in [-0.4, -0.2) is 80.8 Å². The molecule has 86 heavy (non-hydrogen) atoms. The summed E-state index contributed by atoms with van der Waals surface area (Å²) in [5.74, 6) is 5.66. The Balaban J connectivity index is 0.000000165. The van der Waals surface area contributed by atoms with Crippen molar-refractivity contribution in [1.82, 2.24) is 0 Å². The summed E-state index contributed by atoms with van der Waals surface area (Å²) in [4.78, 5) is 43.2. The third kappa shape index (κ3) is 14.4. The predicted molar refractivity (Wildman–Crippen MR) is 351 cm³/mol. The molecule has 0 saturated carbocycles. The summed E-state index contributed by atoms with van der Waals surface area (Å²) in [6.07, 6.45) is 7.98. The number of hydrogen-bond donors (Lipinski definition) is 0. The molecule has 0 bridgehead atoms. The first-order chi connectivity index (χ1) is 41.1. The second kappa shape index (κ2) is 29.4. The quantitative estimate of drug-likeness (QED) is 0.117. The highest BCUT2D eigenvalue weighted by atomic mass is 32.2. The number of fused-ring (bicyclic) bond motifs is 4. The van der Waals surface area contributed by atoms with Crippen molar-refractivity contribution in [2.45, 2.75) is 163 Å². The van der Waals surface area contributed by atoms with E-state index in [1.165, 1.54) is 16.7 Å². The van der Waals surface area contributed by atoms with Crippen LogP contribution in [0.15, 0.2) is 108 Å². The summed E-state index contributed by atoms with van der Waals surface area (Å²) in [6.45, 7) is 27.2. The highest BCUT2D eigenvalue weighted by Crippen LogP contribution is 2.48. The molecule has 0 radical (unpaired) electrons. The Morgan fingerprint density at radius 3 is 1.20 bits per heavy atom. The number of nitrogens with zero attached hydrogens (tertiary/aromatic N) is 4. The Hall–Kier alpha value is -7.32. The van der Waals surface area contributed by atoms with Gasteiger partial charge in [0.15, 0.2) is 0 Å². The van der Waals surface area contributed by atoms with E-state index in [0.29, 0.717) is 35.1 Å². The molecule has 6 aromatic rings.